The van der Waals surface area contributed by atoms with Crippen LogP contribution in [0.5, 0.6) is 0 Å². The maximum absolute atomic E-state index is 10.6. The molecule has 2 atom stereocenters. The van der Waals surface area contributed by atoms with E-state index in [1.165, 1.54) is 32.1 Å². The zero-order chi connectivity index (χ0) is 11.6. The maximum atomic E-state index is 10.6. The van der Waals surface area contributed by atoms with E-state index in [0.29, 0.717) is 5.41 Å². The highest BCUT2D eigenvalue weighted by Crippen LogP contribution is 2.49. The maximum Gasteiger partial charge on any atom is 0.332 e. The lowest BCUT2D eigenvalue weighted by atomic mass is 9.60. The average Bonchev–Trinajstić information content (AvgIpc) is 2.26. The van der Waals surface area contributed by atoms with Crippen molar-refractivity contribution in [3.63, 3.8) is 0 Å². The number of fused-ring (bicyclic) bond motifs is 1. The summed E-state index contributed by atoms with van der Waals surface area (Å²) in [5, 5.41) is 4.10. The van der Waals surface area contributed by atoms with Crippen molar-refractivity contribution in [1.29, 1.82) is 0 Å². The number of primary amides is 1. The van der Waals surface area contributed by atoms with Crippen molar-refractivity contribution in [2.45, 2.75) is 51.9 Å². The van der Waals surface area contributed by atoms with E-state index < -0.39 is 6.03 Å². The van der Waals surface area contributed by atoms with E-state index in [4.69, 9.17) is 5.73 Å². The second-order valence-electron chi connectivity index (χ2n) is 5.45. The predicted molar refractivity (Wildman–Crippen MR) is 64.1 cm³/mol. The van der Waals surface area contributed by atoms with Gasteiger partial charge in [0.1, 0.15) is 0 Å². The molecule has 4 heteroatoms. The van der Waals surface area contributed by atoms with Crippen LogP contribution in [0.15, 0.2) is 5.10 Å². The Bertz CT molecular complexity index is 313. The fraction of sp³-hybridized carbons (Fsp3) is 0.833. The molecule has 4 nitrogen and oxygen atoms in total. The molecule has 2 aliphatic carbocycles. The Kier molecular flexibility index (Phi) is 3.17. The Labute approximate surface area is 96.7 Å². The van der Waals surface area contributed by atoms with Crippen molar-refractivity contribution in [3.8, 4) is 0 Å². The van der Waals surface area contributed by atoms with Gasteiger partial charge in [-0.1, -0.05) is 19.8 Å². The summed E-state index contributed by atoms with van der Waals surface area (Å²) in [7, 11) is 0. The Balaban J connectivity index is 1.99. The van der Waals surface area contributed by atoms with E-state index in [2.05, 4.69) is 17.5 Å². The number of nitrogens with zero attached hydrogens (tertiary/aromatic N) is 1. The minimum absolute atomic E-state index is 0.518. The van der Waals surface area contributed by atoms with Crippen LogP contribution in [-0.2, 0) is 0 Å². The van der Waals surface area contributed by atoms with Crippen LogP contribution >= 0.6 is 0 Å². The van der Waals surface area contributed by atoms with Crippen molar-refractivity contribution in [1.82, 2.24) is 5.43 Å². The number of hydrogen-bond acceptors (Lipinski definition) is 2. The summed E-state index contributed by atoms with van der Waals surface area (Å²) in [6.45, 7) is 2.41. The summed E-state index contributed by atoms with van der Waals surface area (Å²) < 4.78 is 0. The van der Waals surface area contributed by atoms with Crippen LogP contribution < -0.4 is 11.2 Å². The molecule has 3 N–H and O–H groups in total. The van der Waals surface area contributed by atoms with Gasteiger partial charge in [0.25, 0.3) is 0 Å². The highest BCUT2D eigenvalue weighted by atomic mass is 16.2. The van der Waals surface area contributed by atoms with E-state index in [1.54, 1.807) is 0 Å². The molecular formula is C12H21N3O. The van der Waals surface area contributed by atoms with Crippen LogP contribution in [0.3, 0.4) is 0 Å². The number of carbonyl (C=O) groups excluding carboxylic acids is 1. The number of amides is 2. The third-order valence-electron chi connectivity index (χ3n) is 4.33. The molecule has 0 aliphatic heterocycles. The topological polar surface area (TPSA) is 67.5 Å². The Morgan fingerprint density at radius 1 is 1.50 bits per heavy atom. The number of nitrogens with two attached hydrogens (primary N) is 1. The number of urea groups is 1. The molecule has 16 heavy (non-hydrogen) atoms. The quantitative estimate of drug-likeness (QED) is 0.658. The number of nitrogens with one attached hydrogen (secondary N) is 1. The summed E-state index contributed by atoms with van der Waals surface area (Å²) >= 11 is 0. The molecule has 2 saturated carbocycles. The third-order valence-corrected chi connectivity index (χ3v) is 4.33. The van der Waals surface area contributed by atoms with Gasteiger partial charge >= 0.3 is 6.03 Å². The standard InChI is InChI=1S/C12H21N3O/c1-12-6-3-2-4-9(12)8-10(5-7-12)14-15-11(13)16/h9H,2-8H2,1H3,(H3,13,15,16)/b14-10+/t9-,12+/m1/s1. The lowest BCUT2D eigenvalue weighted by Gasteiger charge is -2.45. The van der Waals surface area contributed by atoms with Crippen LogP contribution in [0.25, 0.3) is 0 Å². The lowest BCUT2D eigenvalue weighted by Crippen LogP contribution is -2.38. The molecule has 90 valence electrons. The second kappa shape index (κ2) is 4.44. The summed E-state index contributed by atoms with van der Waals surface area (Å²) in [4.78, 5) is 10.6. The van der Waals surface area contributed by atoms with Crippen LogP contribution in [0.1, 0.15) is 51.9 Å². The first-order chi connectivity index (χ1) is 7.60. The molecule has 0 aromatic carbocycles. The molecular weight excluding hydrogens is 202 g/mol. The second-order valence-corrected chi connectivity index (χ2v) is 5.45. The van der Waals surface area contributed by atoms with Crippen LogP contribution in [0.2, 0.25) is 0 Å². The van der Waals surface area contributed by atoms with E-state index in [-0.39, 0.29) is 0 Å². The van der Waals surface area contributed by atoms with Gasteiger partial charge in [0.05, 0.1) is 0 Å². The molecule has 0 unspecified atom stereocenters. The normalized spacial score (nSPS) is 36.8. The van der Waals surface area contributed by atoms with Crippen molar-refractivity contribution >= 4 is 11.7 Å². The van der Waals surface area contributed by atoms with Gasteiger partial charge in [-0.15, -0.1) is 0 Å². The number of carbonyl (C=O) groups is 1. The molecule has 0 aromatic heterocycles. The summed E-state index contributed by atoms with van der Waals surface area (Å²) in [5.41, 5.74) is 8.99. The SMILES string of the molecule is C[C@@]12CCCC[C@@H]1C/C(=N/NC(N)=O)CC2. The van der Waals surface area contributed by atoms with Crippen LogP contribution in [0, 0.1) is 11.3 Å². The first kappa shape index (κ1) is 11.4. The molecule has 2 fully saturated rings. The van der Waals surface area contributed by atoms with Crippen molar-refractivity contribution in [2.75, 3.05) is 0 Å². The van der Waals surface area contributed by atoms with E-state index >= 15 is 0 Å². The van der Waals surface area contributed by atoms with Gasteiger partial charge in [0.15, 0.2) is 0 Å². The summed E-state index contributed by atoms with van der Waals surface area (Å²) in [6.07, 6.45) is 8.64. The van der Waals surface area contributed by atoms with Crippen LogP contribution in [0.4, 0.5) is 4.79 Å². The Hall–Kier alpha value is -1.06. The highest BCUT2D eigenvalue weighted by molar-refractivity contribution is 5.86. The molecule has 0 radical (unpaired) electrons. The zero-order valence-electron chi connectivity index (χ0n) is 9.96. The molecule has 2 aliphatic rings. The fourth-order valence-corrected chi connectivity index (χ4v) is 3.20. The molecule has 2 amide bonds. The van der Waals surface area contributed by atoms with Gasteiger partial charge in [0, 0.05) is 5.71 Å². The van der Waals surface area contributed by atoms with Gasteiger partial charge in [-0.05, 0) is 43.4 Å². The lowest BCUT2D eigenvalue weighted by molar-refractivity contribution is 0.0992. The smallest absolute Gasteiger partial charge is 0.332 e. The van der Waals surface area contributed by atoms with Gasteiger partial charge in [-0.25, -0.2) is 10.2 Å². The minimum Gasteiger partial charge on any atom is -0.350 e. The van der Waals surface area contributed by atoms with Gasteiger partial charge in [-0.2, -0.15) is 5.10 Å². The first-order valence-corrected chi connectivity index (χ1v) is 6.21. The van der Waals surface area contributed by atoms with Gasteiger partial charge in [-0.3, -0.25) is 0 Å². The third kappa shape index (κ3) is 2.36. The van der Waals surface area contributed by atoms with Crippen molar-refractivity contribution in [3.05, 3.63) is 0 Å². The monoisotopic (exact) mass is 223 g/mol. The first-order valence-electron chi connectivity index (χ1n) is 6.21. The largest absolute Gasteiger partial charge is 0.350 e. The molecule has 0 spiro atoms. The summed E-state index contributed by atoms with van der Waals surface area (Å²) in [5.74, 6) is 0.753. The molecule has 2 rings (SSSR count). The summed E-state index contributed by atoms with van der Waals surface area (Å²) in [6, 6.07) is -0.565. The minimum atomic E-state index is -0.565. The van der Waals surface area contributed by atoms with Crippen molar-refractivity contribution < 1.29 is 4.79 Å². The average molecular weight is 223 g/mol. The highest BCUT2D eigenvalue weighted by Gasteiger charge is 2.39. The molecule has 0 saturated heterocycles. The Morgan fingerprint density at radius 2 is 2.31 bits per heavy atom. The number of hydrogen-bond donors (Lipinski definition) is 2. The molecule has 0 bridgehead atoms. The van der Waals surface area contributed by atoms with E-state index in [1.807, 2.05) is 0 Å². The van der Waals surface area contributed by atoms with Crippen molar-refractivity contribution in [2.24, 2.45) is 22.2 Å². The molecule has 0 heterocycles. The Morgan fingerprint density at radius 3 is 3.06 bits per heavy atom. The van der Waals surface area contributed by atoms with E-state index in [0.717, 1.165) is 24.5 Å². The number of rotatable bonds is 1. The fourth-order valence-electron chi connectivity index (χ4n) is 3.20. The van der Waals surface area contributed by atoms with Crippen LogP contribution in [-0.4, -0.2) is 11.7 Å². The predicted octanol–water partition coefficient (Wildman–Crippen LogP) is 2.39. The van der Waals surface area contributed by atoms with E-state index in [9.17, 15) is 4.79 Å². The van der Waals surface area contributed by atoms with Gasteiger partial charge in [0.2, 0.25) is 0 Å². The number of hydrazone groups is 1. The zero-order valence-corrected chi connectivity index (χ0v) is 9.96. The molecule has 0 aromatic rings. The van der Waals surface area contributed by atoms with Gasteiger partial charge < -0.3 is 5.73 Å².